The summed E-state index contributed by atoms with van der Waals surface area (Å²) in [5, 5.41) is 0. The number of alkyl halides is 2. The number of hydrogen-bond donors (Lipinski definition) is 0. The van der Waals surface area contributed by atoms with E-state index >= 15 is 8.78 Å². The van der Waals surface area contributed by atoms with Crippen LogP contribution in [-0.4, -0.2) is 0 Å². The zero-order chi connectivity index (χ0) is 27.7. The summed E-state index contributed by atoms with van der Waals surface area (Å²) in [6, 6.07) is 15.1. The van der Waals surface area contributed by atoms with Crippen molar-refractivity contribution in [3.63, 3.8) is 0 Å². The molecule has 2 aromatic carbocycles. The molecule has 2 fully saturated rings. The Bertz CT molecular complexity index is 1020. The van der Waals surface area contributed by atoms with E-state index in [4.69, 9.17) is 4.74 Å². The van der Waals surface area contributed by atoms with E-state index in [0.29, 0.717) is 11.8 Å². The lowest BCUT2D eigenvalue weighted by Gasteiger charge is -2.29. The second-order valence-corrected chi connectivity index (χ2v) is 12.0. The first kappa shape index (κ1) is 29.7. The molecule has 0 heterocycles. The van der Waals surface area contributed by atoms with Gasteiger partial charge in [-0.1, -0.05) is 66.8 Å². The van der Waals surface area contributed by atoms with E-state index in [0.717, 1.165) is 36.7 Å². The van der Waals surface area contributed by atoms with Crippen LogP contribution in [-0.2, 0) is 10.8 Å². The fraction of sp³-hybridized carbons (Fsp3) is 0.556. The van der Waals surface area contributed by atoms with E-state index in [2.05, 4.69) is 37.8 Å². The average Bonchev–Trinajstić information content (AvgIpc) is 2.97. The van der Waals surface area contributed by atoms with Crippen LogP contribution in [0.25, 0.3) is 0 Å². The molecular formula is C36H48F2O. The monoisotopic (exact) mass is 534 g/mol. The molecule has 0 aliphatic heterocycles. The average molecular weight is 535 g/mol. The van der Waals surface area contributed by atoms with Crippen molar-refractivity contribution in [2.75, 3.05) is 0 Å². The summed E-state index contributed by atoms with van der Waals surface area (Å²) in [5.41, 5.74) is 3.23. The number of rotatable bonds is 12. The molecule has 2 saturated carbocycles. The predicted octanol–water partition coefficient (Wildman–Crippen LogP) is 11.4. The largest absolute Gasteiger partial charge is 0.383 e. The van der Waals surface area contributed by atoms with Crippen molar-refractivity contribution in [1.82, 2.24) is 0 Å². The van der Waals surface area contributed by atoms with Gasteiger partial charge in [0.05, 0.1) is 11.7 Å². The molecule has 0 saturated heterocycles. The summed E-state index contributed by atoms with van der Waals surface area (Å²) in [5.74, 6) is 2.67. The molecule has 3 heteroatoms. The summed E-state index contributed by atoms with van der Waals surface area (Å²) in [6.07, 6.45) is 16.9. The van der Waals surface area contributed by atoms with E-state index in [1.807, 2.05) is 30.3 Å². The molecule has 212 valence electrons. The van der Waals surface area contributed by atoms with Crippen molar-refractivity contribution < 1.29 is 13.5 Å². The van der Waals surface area contributed by atoms with Gasteiger partial charge in [0.2, 0.25) is 0 Å². The first-order valence-corrected chi connectivity index (χ1v) is 15.4. The first-order chi connectivity index (χ1) is 18.9. The molecule has 39 heavy (non-hydrogen) atoms. The van der Waals surface area contributed by atoms with E-state index in [1.165, 1.54) is 68.9 Å². The molecule has 2 aromatic rings. The van der Waals surface area contributed by atoms with Crippen LogP contribution in [0.2, 0.25) is 0 Å². The van der Waals surface area contributed by atoms with Crippen molar-refractivity contribution >= 4 is 0 Å². The Labute approximate surface area is 235 Å². The Morgan fingerprint density at radius 1 is 0.795 bits per heavy atom. The highest BCUT2D eigenvalue weighted by atomic mass is 19.3. The third-order valence-corrected chi connectivity index (χ3v) is 9.37. The third kappa shape index (κ3) is 8.37. The molecule has 1 atom stereocenters. The van der Waals surface area contributed by atoms with E-state index < -0.39 is 12.2 Å². The second kappa shape index (κ2) is 14.4. The number of benzene rings is 2. The number of hydrogen-bond acceptors (Lipinski definition) is 1. The molecule has 0 bridgehead atoms. The molecule has 0 N–H and O–H groups in total. The maximum atomic E-state index is 15.1. The molecule has 1 unspecified atom stereocenters. The number of allylic oxidation sites excluding steroid dienone is 3. The highest BCUT2D eigenvalue weighted by Crippen LogP contribution is 2.41. The van der Waals surface area contributed by atoms with Crippen LogP contribution < -0.4 is 0 Å². The van der Waals surface area contributed by atoms with Gasteiger partial charge in [0.25, 0.3) is 0 Å². The van der Waals surface area contributed by atoms with Gasteiger partial charge in [-0.2, -0.15) is 8.78 Å². The van der Waals surface area contributed by atoms with Crippen LogP contribution in [0, 0.1) is 11.8 Å². The summed E-state index contributed by atoms with van der Waals surface area (Å²) in [4.78, 5) is 0. The van der Waals surface area contributed by atoms with Gasteiger partial charge in [-0.25, -0.2) is 0 Å². The van der Waals surface area contributed by atoms with Crippen molar-refractivity contribution in [2.45, 2.75) is 115 Å². The maximum absolute atomic E-state index is 15.1. The minimum Gasteiger partial charge on any atom is -0.309 e. The van der Waals surface area contributed by atoms with Gasteiger partial charge in [0.15, 0.2) is 0 Å². The van der Waals surface area contributed by atoms with E-state index in [9.17, 15) is 0 Å². The minimum atomic E-state index is -3.33. The zero-order valence-corrected chi connectivity index (χ0v) is 24.1. The fourth-order valence-corrected chi connectivity index (χ4v) is 6.77. The standard InChI is InChI=1S/C36H48F2O/c1-4-6-8-10-29-13-17-31(18-14-29)33-21-19-30(20-22-33)27(3)39-36(37,38)35-25-23-34(24-26-35)32-15-11-28(12-16-32)9-7-5-2/h4-6,19-29,31-32H,2,7-18H2,1,3H3/b6-4+. The van der Waals surface area contributed by atoms with Crippen LogP contribution in [0.3, 0.4) is 0 Å². The smallest absolute Gasteiger partial charge is 0.309 e. The lowest BCUT2D eigenvalue weighted by molar-refractivity contribution is -0.272. The molecular weight excluding hydrogens is 486 g/mol. The molecule has 0 radical (unpaired) electrons. The quantitative estimate of drug-likeness (QED) is 0.246. The molecule has 2 aliphatic carbocycles. The van der Waals surface area contributed by atoms with Gasteiger partial charge in [-0.15, -0.1) is 6.58 Å². The third-order valence-electron chi connectivity index (χ3n) is 9.37. The van der Waals surface area contributed by atoms with Crippen LogP contribution in [0.1, 0.15) is 131 Å². The zero-order valence-electron chi connectivity index (χ0n) is 24.1. The molecule has 2 aliphatic rings. The van der Waals surface area contributed by atoms with E-state index in [1.54, 1.807) is 19.1 Å². The molecule has 4 rings (SSSR count). The lowest BCUT2D eigenvalue weighted by atomic mass is 9.77. The van der Waals surface area contributed by atoms with Crippen LogP contribution in [0.15, 0.2) is 73.3 Å². The second-order valence-electron chi connectivity index (χ2n) is 12.0. The van der Waals surface area contributed by atoms with Crippen LogP contribution in [0.4, 0.5) is 8.78 Å². The number of halogens is 2. The van der Waals surface area contributed by atoms with Crippen LogP contribution >= 0.6 is 0 Å². The Balaban J connectivity index is 1.27. The van der Waals surface area contributed by atoms with Crippen molar-refractivity contribution in [1.29, 1.82) is 0 Å². The summed E-state index contributed by atoms with van der Waals surface area (Å²) in [6.45, 7) is 7.64. The molecule has 0 amide bonds. The Morgan fingerprint density at radius 3 is 1.77 bits per heavy atom. The molecule has 0 spiro atoms. The van der Waals surface area contributed by atoms with E-state index in [-0.39, 0.29) is 5.56 Å². The van der Waals surface area contributed by atoms with Gasteiger partial charge < -0.3 is 4.74 Å². The van der Waals surface area contributed by atoms with Gasteiger partial charge in [0.1, 0.15) is 0 Å². The fourth-order valence-electron chi connectivity index (χ4n) is 6.77. The predicted molar refractivity (Wildman–Crippen MR) is 159 cm³/mol. The normalized spacial score (nSPS) is 25.0. The first-order valence-electron chi connectivity index (χ1n) is 15.4. The Hall–Kier alpha value is -2.26. The number of ether oxygens (including phenoxy) is 1. The minimum absolute atomic E-state index is 0.0689. The summed E-state index contributed by atoms with van der Waals surface area (Å²) >= 11 is 0. The SMILES string of the molecule is C=CCCC1CCC(c2ccc(C(F)(F)OC(C)c3ccc(C4CCC(CC/C=C/C)CC4)cc3)cc2)CC1. The highest BCUT2D eigenvalue weighted by Gasteiger charge is 2.35. The topological polar surface area (TPSA) is 9.23 Å². The van der Waals surface area contributed by atoms with Crippen molar-refractivity contribution in [2.24, 2.45) is 11.8 Å². The van der Waals surface area contributed by atoms with Gasteiger partial charge >= 0.3 is 6.11 Å². The molecule has 1 nitrogen and oxygen atoms in total. The lowest BCUT2D eigenvalue weighted by Crippen LogP contribution is -2.21. The van der Waals surface area contributed by atoms with Crippen LogP contribution in [0.5, 0.6) is 0 Å². The summed E-state index contributed by atoms with van der Waals surface area (Å²) in [7, 11) is 0. The highest BCUT2D eigenvalue weighted by molar-refractivity contribution is 5.29. The van der Waals surface area contributed by atoms with Gasteiger partial charge in [-0.3, -0.25) is 0 Å². The van der Waals surface area contributed by atoms with Gasteiger partial charge in [0, 0.05) is 0 Å². The Morgan fingerprint density at radius 2 is 1.28 bits per heavy atom. The van der Waals surface area contributed by atoms with Gasteiger partial charge in [-0.05, 0) is 131 Å². The summed E-state index contributed by atoms with van der Waals surface area (Å²) < 4.78 is 35.6. The van der Waals surface area contributed by atoms with Crippen molar-refractivity contribution in [3.8, 4) is 0 Å². The Kier molecular flexibility index (Phi) is 11.0. The molecule has 0 aromatic heterocycles. The van der Waals surface area contributed by atoms with Crippen molar-refractivity contribution in [3.05, 3.63) is 95.6 Å². The maximum Gasteiger partial charge on any atom is 0.383 e.